The summed E-state index contributed by atoms with van der Waals surface area (Å²) < 4.78 is 5.41. The Kier molecular flexibility index (Phi) is 8.81. The van der Waals surface area contributed by atoms with Crippen LogP contribution >= 0.6 is 0 Å². The first kappa shape index (κ1) is 25.4. The van der Waals surface area contributed by atoms with Crippen LogP contribution in [0.5, 0.6) is 5.75 Å². The Morgan fingerprint density at radius 1 is 1.21 bits per heavy atom. The maximum Gasteiger partial charge on any atom is 0.119 e. The number of aliphatic hydroxyl groups is 2. The van der Waals surface area contributed by atoms with Gasteiger partial charge in [0.05, 0.1) is 18.7 Å². The van der Waals surface area contributed by atoms with Crippen LogP contribution in [0.1, 0.15) is 81.4 Å². The van der Waals surface area contributed by atoms with Crippen molar-refractivity contribution in [3.05, 3.63) is 35.5 Å². The predicted molar refractivity (Wildman–Crippen MR) is 137 cm³/mol. The van der Waals surface area contributed by atoms with Crippen LogP contribution in [0.3, 0.4) is 0 Å². The average Bonchev–Trinajstić information content (AvgIpc) is 2.90. The summed E-state index contributed by atoms with van der Waals surface area (Å²) in [6, 6.07) is 5.74. The molecule has 4 rings (SSSR count). The third-order valence-corrected chi connectivity index (χ3v) is 8.53. The summed E-state index contributed by atoms with van der Waals surface area (Å²) in [5, 5.41) is 22.5. The van der Waals surface area contributed by atoms with Crippen LogP contribution in [0.4, 0.5) is 0 Å². The van der Waals surface area contributed by atoms with Gasteiger partial charge in [0.15, 0.2) is 0 Å². The number of benzene rings is 1. The summed E-state index contributed by atoms with van der Waals surface area (Å²) in [5.41, 5.74) is 8.45. The molecule has 2 heterocycles. The van der Waals surface area contributed by atoms with Crippen molar-refractivity contribution in [3.8, 4) is 5.75 Å². The highest BCUT2D eigenvalue weighted by molar-refractivity contribution is 5.85. The van der Waals surface area contributed by atoms with E-state index in [9.17, 15) is 10.2 Å². The zero-order valence-corrected chi connectivity index (χ0v) is 20.8. The van der Waals surface area contributed by atoms with Gasteiger partial charge in [-0.05, 0) is 92.4 Å². The molecule has 0 amide bonds. The third-order valence-electron chi connectivity index (χ3n) is 8.53. The van der Waals surface area contributed by atoms with Crippen molar-refractivity contribution in [3.63, 3.8) is 0 Å². The molecule has 0 radical (unpaired) electrons. The van der Waals surface area contributed by atoms with E-state index in [1.165, 1.54) is 45.1 Å². The van der Waals surface area contributed by atoms with E-state index in [0.717, 1.165) is 66.0 Å². The highest BCUT2D eigenvalue weighted by atomic mass is 16.5. The van der Waals surface area contributed by atoms with Gasteiger partial charge in [0.1, 0.15) is 5.75 Å². The van der Waals surface area contributed by atoms with Crippen LogP contribution in [0, 0.1) is 11.3 Å². The molecule has 4 N–H and O–H groups in total. The van der Waals surface area contributed by atoms with Crippen molar-refractivity contribution in [2.45, 2.75) is 76.9 Å². The first-order valence-corrected chi connectivity index (χ1v) is 13.2. The van der Waals surface area contributed by atoms with Gasteiger partial charge in [0.25, 0.3) is 0 Å². The summed E-state index contributed by atoms with van der Waals surface area (Å²) in [6.45, 7) is 3.80. The summed E-state index contributed by atoms with van der Waals surface area (Å²) in [6.07, 6.45) is 12.9. The number of rotatable bonds is 10. The molecule has 34 heavy (non-hydrogen) atoms. The second kappa shape index (κ2) is 11.8. The highest BCUT2D eigenvalue weighted by Gasteiger charge is 2.35. The molecular weight excluding hydrogens is 426 g/mol. The number of nitrogens with two attached hydrogens (primary N) is 1. The lowest BCUT2D eigenvalue weighted by molar-refractivity contribution is 0.0217. The summed E-state index contributed by atoms with van der Waals surface area (Å²) in [4.78, 5) is 7.11. The molecule has 0 spiro atoms. The Labute approximate surface area is 204 Å². The molecule has 1 atom stereocenters. The van der Waals surface area contributed by atoms with Crippen molar-refractivity contribution >= 4 is 10.9 Å². The number of aliphatic hydroxyl groups excluding tert-OH is 2. The highest BCUT2D eigenvalue weighted by Crippen LogP contribution is 2.40. The number of fused-ring (bicyclic) bond motifs is 1. The maximum absolute atomic E-state index is 11.3. The van der Waals surface area contributed by atoms with Crippen molar-refractivity contribution < 1.29 is 14.9 Å². The second-order valence-electron chi connectivity index (χ2n) is 10.6. The molecule has 1 aliphatic carbocycles. The number of nitrogens with zero attached hydrogens (tertiary/aromatic N) is 2. The molecule has 1 unspecified atom stereocenters. The van der Waals surface area contributed by atoms with E-state index in [-0.39, 0.29) is 12.0 Å². The fraction of sp³-hybridized carbons (Fsp3) is 0.679. The van der Waals surface area contributed by atoms with Gasteiger partial charge < -0.3 is 25.6 Å². The average molecular weight is 470 g/mol. The minimum atomic E-state index is -0.649. The largest absolute Gasteiger partial charge is 0.497 e. The fourth-order valence-electron chi connectivity index (χ4n) is 6.08. The number of piperidine rings is 1. The van der Waals surface area contributed by atoms with E-state index >= 15 is 0 Å². The first-order chi connectivity index (χ1) is 16.6. The molecule has 1 saturated carbocycles. The topological polar surface area (TPSA) is 91.8 Å². The molecule has 188 valence electrons. The van der Waals surface area contributed by atoms with E-state index < -0.39 is 6.10 Å². The molecule has 1 aromatic heterocycles. The molecule has 0 bridgehead atoms. The normalized spacial score (nSPS) is 20.5. The Morgan fingerprint density at radius 3 is 2.65 bits per heavy atom. The van der Waals surface area contributed by atoms with E-state index in [1.54, 1.807) is 13.3 Å². The van der Waals surface area contributed by atoms with Gasteiger partial charge in [-0.25, -0.2) is 0 Å². The molecule has 2 fully saturated rings. The fourth-order valence-corrected chi connectivity index (χ4v) is 6.08. The van der Waals surface area contributed by atoms with E-state index in [2.05, 4.69) is 9.88 Å². The quantitative estimate of drug-likeness (QED) is 0.472. The Hall–Kier alpha value is -1.73. The zero-order chi connectivity index (χ0) is 24.0. The van der Waals surface area contributed by atoms with Crippen LogP contribution in [0.25, 0.3) is 10.9 Å². The molecule has 1 aromatic carbocycles. The second-order valence-corrected chi connectivity index (χ2v) is 10.6. The lowest BCUT2D eigenvalue weighted by Gasteiger charge is -2.41. The number of aromatic nitrogens is 1. The number of hydrogen-bond acceptors (Lipinski definition) is 6. The Balaban J connectivity index is 1.38. The summed E-state index contributed by atoms with van der Waals surface area (Å²) >= 11 is 0. The Morgan fingerprint density at radius 2 is 1.97 bits per heavy atom. The number of ether oxygens (including phenoxy) is 1. The number of hydrogen-bond donors (Lipinski definition) is 3. The smallest absolute Gasteiger partial charge is 0.119 e. The van der Waals surface area contributed by atoms with Crippen LogP contribution in [-0.2, 0) is 6.54 Å². The van der Waals surface area contributed by atoms with Crippen LogP contribution in [-0.4, -0.2) is 53.4 Å². The van der Waals surface area contributed by atoms with Gasteiger partial charge in [0.2, 0.25) is 0 Å². The summed E-state index contributed by atoms with van der Waals surface area (Å²) in [7, 11) is 1.64. The number of pyridine rings is 1. The molecule has 6 heteroatoms. The lowest BCUT2D eigenvalue weighted by atomic mass is 9.74. The number of methoxy groups -OCH3 is 1. The molecule has 1 saturated heterocycles. The zero-order valence-electron chi connectivity index (χ0n) is 20.8. The first-order valence-electron chi connectivity index (χ1n) is 13.2. The molecule has 2 aliphatic rings. The van der Waals surface area contributed by atoms with E-state index in [1.807, 2.05) is 18.2 Å². The van der Waals surface area contributed by atoms with Crippen LogP contribution in [0.15, 0.2) is 24.4 Å². The van der Waals surface area contributed by atoms with Gasteiger partial charge in [-0.3, -0.25) is 4.98 Å². The SMILES string of the molecule is COc1ccc2ncc(CN)c(C(O)CCC3(CO)CCN(CCC4CCCCC4)CC3)c2c1. The molecular formula is C28H43N3O3. The van der Waals surface area contributed by atoms with Crippen molar-refractivity contribution in [1.29, 1.82) is 0 Å². The molecule has 2 aromatic rings. The van der Waals surface area contributed by atoms with Gasteiger partial charge in [0, 0.05) is 24.7 Å². The number of likely N-dealkylation sites (tertiary alicyclic amines) is 1. The molecule has 6 nitrogen and oxygen atoms in total. The van der Waals surface area contributed by atoms with Crippen molar-refractivity contribution in [2.75, 3.05) is 33.4 Å². The van der Waals surface area contributed by atoms with Crippen molar-refractivity contribution in [1.82, 2.24) is 9.88 Å². The maximum atomic E-state index is 11.3. The minimum absolute atomic E-state index is 0.105. The predicted octanol–water partition coefficient (Wildman–Crippen LogP) is 4.56. The monoisotopic (exact) mass is 469 g/mol. The Bertz CT molecular complexity index is 915. The van der Waals surface area contributed by atoms with Gasteiger partial charge in [-0.2, -0.15) is 0 Å². The third kappa shape index (κ3) is 5.91. The van der Waals surface area contributed by atoms with Crippen LogP contribution < -0.4 is 10.5 Å². The van der Waals surface area contributed by atoms with E-state index in [4.69, 9.17) is 10.5 Å². The van der Waals surface area contributed by atoms with Gasteiger partial charge >= 0.3 is 0 Å². The minimum Gasteiger partial charge on any atom is -0.497 e. The van der Waals surface area contributed by atoms with Crippen molar-refractivity contribution in [2.24, 2.45) is 17.1 Å². The summed E-state index contributed by atoms with van der Waals surface area (Å²) in [5.74, 6) is 1.66. The van der Waals surface area contributed by atoms with Gasteiger partial charge in [-0.1, -0.05) is 32.1 Å². The molecule has 1 aliphatic heterocycles. The lowest BCUT2D eigenvalue weighted by Crippen LogP contribution is -2.42. The van der Waals surface area contributed by atoms with Gasteiger partial charge in [-0.15, -0.1) is 0 Å². The van der Waals surface area contributed by atoms with E-state index in [0.29, 0.717) is 13.0 Å². The standard InChI is InChI=1S/C28H43N3O3/c1-34-23-7-8-25-24(17-23)27(22(18-29)19-30-25)26(33)9-11-28(20-32)12-15-31(16-13-28)14-10-21-5-3-2-4-6-21/h7-8,17,19,21,26,32-33H,2-6,9-16,18,20,29H2,1H3. The van der Waals surface area contributed by atoms with Crippen LogP contribution in [0.2, 0.25) is 0 Å².